The number of rotatable bonds is 4. The van der Waals surface area contributed by atoms with Gasteiger partial charge in [-0.1, -0.05) is 36.8 Å². The molecule has 0 aromatic heterocycles. The summed E-state index contributed by atoms with van der Waals surface area (Å²) in [5.41, 5.74) is 2.52. The van der Waals surface area contributed by atoms with E-state index >= 15 is 0 Å². The van der Waals surface area contributed by atoms with Crippen molar-refractivity contribution in [1.29, 1.82) is 0 Å². The third-order valence-corrected chi connectivity index (χ3v) is 3.07. The van der Waals surface area contributed by atoms with E-state index in [1.165, 1.54) is 18.3 Å². The SMILES string of the molecule is CCc1c(F)cc(C=NN=Cc2ccc(C)cc2)cc1F. The highest BCUT2D eigenvalue weighted by Crippen LogP contribution is 2.15. The molecule has 2 aromatic rings. The van der Waals surface area contributed by atoms with Gasteiger partial charge in [-0.2, -0.15) is 10.2 Å². The fourth-order valence-corrected chi connectivity index (χ4v) is 1.89. The molecule has 0 aliphatic heterocycles. The molecular weight excluding hydrogens is 270 g/mol. The number of nitrogens with zero attached hydrogens (tertiary/aromatic N) is 2. The van der Waals surface area contributed by atoms with Crippen LogP contribution in [0.5, 0.6) is 0 Å². The molecule has 0 radical (unpaired) electrons. The Hall–Kier alpha value is -2.36. The minimum absolute atomic E-state index is 0.0929. The summed E-state index contributed by atoms with van der Waals surface area (Å²) >= 11 is 0. The molecule has 0 spiro atoms. The van der Waals surface area contributed by atoms with Crippen LogP contribution in [0.3, 0.4) is 0 Å². The summed E-state index contributed by atoms with van der Waals surface area (Å²) in [7, 11) is 0. The van der Waals surface area contributed by atoms with E-state index in [0.717, 1.165) is 11.1 Å². The Kier molecular flexibility index (Phi) is 4.93. The van der Waals surface area contributed by atoms with Crippen molar-refractivity contribution < 1.29 is 8.78 Å². The highest BCUT2D eigenvalue weighted by molar-refractivity contribution is 5.82. The van der Waals surface area contributed by atoms with Gasteiger partial charge in [0.25, 0.3) is 0 Å². The first kappa shape index (κ1) is 15.0. The minimum atomic E-state index is -0.554. The molecule has 21 heavy (non-hydrogen) atoms. The standard InChI is InChI=1S/C17H16F2N2/c1-3-15-16(18)8-14(9-17(15)19)11-21-20-10-13-6-4-12(2)5-7-13/h4-11H,3H2,1-2H3. The van der Waals surface area contributed by atoms with Crippen molar-refractivity contribution in [2.75, 3.05) is 0 Å². The van der Waals surface area contributed by atoms with E-state index in [4.69, 9.17) is 0 Å². The van der Waals surface area contributed by atoms with Crippen molar-refractivity contribution in [3.8, 4) is 0 Å². The Balaban J connectivity index is 2.09. The molecule has 0 heterocycles. The van der Waals surface area contributed by atoms with Crippen molar-refractivity contribution in [2.24, 2.45) is 10.2 Å². The van der Waals surface area contributed by atoms with E-state index in [1.807, 2.05) is 31.2 Å². The first-order valence-electron chi connectivity index (χ1n) is 6.71. The fraction of sp³-hybridized carbons (Fsp3) is 0.176. The molecule has 4 heteroatoms. The van der Waals surface area contributed by atoms with Gasteiger partial charge in [0.2, 0.25) is 0 Å². The van der Waals surface area contributed by atoms with Crippen molar-refractivity contribution in [2.45, 2.75) is 20.3 Å². The van der Waals surface area contributed by atoms with Crippen LogP contribution in [0.4, 0.5) is 8.78 Å². The molecule has 0 aliphatic rings. The van der Waals surface area contributed by atoms with Gasteiger partial charge in [-0.3, -0.25) is 0 Å². The second-order valence-corrected chi connectivity index (χ2v) is 4.72. The normalized spacial score (nSPS) is 11.6. The summed E-state index contributed by atoms with van der Waals surface area (Å²) in [6, 6.07) is 10.3. The molecule has 2 rings (SSSR count). The molecule has 2 aromatic carbocycles. The highest BCUT2D eigenvalue weighted by atomic mass is 19.1. The maximum Gasteiger partial charge on any atom is 0.129 e. The Morgan fingerprint density at radius 3 is 1.95 bits per heavy atom. The van der Waals surface area contributed by atoms with Crippen molar-refractivity contribution in [3.05, 3.63) is 70.3 Å². The number of hydrogen-bond acceptors (Lipinski definition) is 2. The van der Waals surface area contributed by atoms with Gasteiger partial charge < -0.3 is 0 Å². The molecule has 108 valence electrons. The van der Waals surface area contributed by atoms with E-state index in [9.17, 15) is 8.78 Å². The maximum atomic E-state index is 13.6. The zero-order chi connectivity index (χ0) is 15.2. The Morgan fingerprint density at radius 2 is 1.43 bits per heavy atom. The Bertz CT molecular complexity index is 651. The lowest BCUT2D eigenvalue weighted by Crippen LogP contribution is -1.96. The van der Waals surface area contributed by atoms with Gasteiger partial charge in [0.1, 0.15) is 11.6 Å². The molecule has 0 aliphatic carbocycles. The van der Waals surface area contributed by atoms with Gasteiger partial charge in [0.15, 0.2) is 0 Å². The van der Waals surface area contributed by atoms with E-state index in [0.29, 0.717) is 12.0 Å². The first-order chi connectivity index (χ1) is 10.1. The smallest absolute Gasteiger partial charge is 0.129 e. The van der Waals surface area contributed by atoms with Crippen LogP contribution in [0.2, 0.25) is 0 Å². The van der Waals surface area contributed by atoms with Crippen LogP contribution in [0.1, 0.15) is 29.2 Å². The van der Waals surface area contributed by atoms with Crippen molar-refractivity contribution >= 4 is 12.4 Å². The zero-order valence-electron chi connectivity index (χ0n) is 12.0. The van der Waals surface area contributed by atoms with Crippen LogP contribution in [-0.2, 0) is 6.42 Å². The van der Waals surface area contributed by atoms with E-state index in [1.54, 1.807) is 13.1 Å². The lowest BCUT2D eigenvalue weighted by molar-refractivity contribution is 0.558. The maximum absolute atomic E-state index is 13.6. The van der Waals surface area contributed by atoms with Gasteiger partial charge in [-0.05, 0) is 31.0 Å². The predicted molar refractivity (Wildman–Crippen MR) is 82.1 cm³/mol. The van der Waals surface area contributed by atoms with Gasteiger partial charge in [0, 0.05) is 11.1 Å². The minimum Gasteiger partial charge on any atom is -0.207 e. The summed E-state index contributed by atoms with van der Waals surface area (Å²) < 4.78 is 27.2. The second kappa shape index (κ2) is 6.88. The van der Waals surface area contributed by atoms with Crippen LogP contribution in [0.25, 0.3) is 0 Å². The molecule has 0 saturated carbocycles. The van der Waals surface area contributed by atoms with Gasteiger partial charge in [-0.25, -0.2) is 8.78 Å². The number of hydrogen-bond donors (Lipinski definition) is 0. The monoisotopic (exact) mass is 286 g/mol. The van der Waals surface area contributed by atoms with Crippen LogP contribution in [-0.4, -0.2) is 12.4 Å². The fourth-order valence-electron chi connectivity index (χ4n) is 1.89. The third-order valence-electron chi connectivity index (χ3n) is 3.07. The average Bonchev–Trinajstić information content (AvgIpc) is 2.45. The summed E-state index contributed by atoms with van der Waals surface area (Å²) in [6.07, 6.45) is 3.24. The summed E-state index contributed by atoms with van der Waals surface area (Å²) in [4.78, 5) is 0. The molecule has 0 atom stereocenters. The molecule has 0 amide bonds. The highest BCUT2D eigenvalue weighted by Gasteiger charge is 2.07. The topological polar surface area (TPSA) is 24.7 Å². The Labute approximate surface area is 122 Å². The van der Waals surface area contributed by atoms with Gasteiger partial charge in [-0.15, -0.1) is 0 Å². The molecular formula is C17H16F2N2. The molecule has 0 fully saturated rings. The van der Waals surface area contributed by atoms with E-state index < -0.39 is 11.6 Å². The number of benzene rings is 2. The largest absolute Gasteiger partial charge is 0.207 e. The third kappa shape index (κ3) is 4.05. The molecule has 0 saturated heterocycles. The first-order valence-corrected chi connectivity index (χ1v) is 6.71. The van der Waals surface area contributed by atoms with Crippen LogP contribution < -0.4 is 0 Å². The lowest BCUT2D eigenvalue weighted by Gasteiger charge is -2.02. The molecule has 2 nitrogen and oxygen atoms in total. The van der Waals surface area contributed by atoms with Gasteiger partial charge in [0.05, 0.1) is 12.4 Å². The lowest BCUT2D eigenvalue weighted by atomic mass is 10.1. The van der Waals surface area contributed by atoms with Crippen molar-refractivity contribution in [3.63, 3.8) is 0 Å². The molecule has 0 bridgehead atoms. The second-order valence-electron chi connectivity index (χ2n) is 4.72. The van der Waals surface area contributed by atoms with E-state index in [-0.39, 0.29) is 5.56 Å². The van der Waals surface area contributed by atoms with Crippen molar-refractivity contribution in [1.82, 2.24) is 0 Å². The predicted octanol–water partition coefficient (Wildman–Crippen LogP) is 4.29. The molecule has 0 unspecified atom stereocenters. The summed E-state index contributed by atoms with van der Waals surface area (Å²) in [6.45, 7) is 3.71. The Morgan fingerprint density at radius 1 is 0.905 bits per heavy atom. The van der Waals surface area contributed by atoms with Crippen LogP contribution in [0.15, 0.2) is 46.6 Å². The average molecular weight is 286 g/mol. The van der Waals surface area contributed by atoms with E-state index in [2.05, 4.69) is 10.2 Å². The van der Waals surface area contributed by atoms with Crippen LogP contribution in [0, 0.1) is 18.6 Å². The zero-order valence-corrected chi connectivity index (χ0v) is 12.0. The quantitative estimate of drug-likeness (QED) is 0.592. The number of aryl methyl sites for hydroxylation is 1. The summed E-state index contributed by atoms with van der Waals surface area (Å²) in [5.74, 6) is -1.11. The number of halogens is 2. The van der Waals surface area contributed by atoms with Crippen LogP contribution >= 0.6 is 0 Å². The summed E-state index contributed by atoms with van der Waals surface area (Å²) in [5, 5.41) is 7.68. The van der Waals surface area contributed by atoms with Gasteiger partial charge >= 0.3 is 0 Å². The molecule has 0 N–H and O–H groups in total.